The molecule has 4 heteroatoms. The first kappa shape index (κ1) is 15.2. The quantitative estimate of drug-likeness (QED) is 0.907. The van der Waals surface area contributed by atoms with Crippen molar-refractivity contribution in [1.82, 2.24) is 10.2 Å². The third kappa shape index (κ3) is 4.39. The van der Waals surface area contributed by atoms with E-state index in [9.17, 15) is 9.59 Å². The Kier molecular flexibility index (Phi) is 4.70. The van der Waals surface area contributed by atoms with Crippen molar-refractivity contribution < 1.29 is 9.59 Å². The Bertz CT molecular complexity index is 449. The van der Waals surface area contributed by atoms with Crippen LogP contribution in [0.2, 0.25) is 0 Å². The van der Waals surface area contributed by atoms with Gasteiger partial charge in [-0.05, 0) is 26.3 Å². The monoisotopic (exact) mass is 262 g/mol. The lowest BCUT2D eigenvalue weighted by atomic mass is 10.0. The van der Waals surface area contributed by atoms with E-state index < -0.39 is 6.04 Å². The minimum Gasteiger partial charge on any atom is -0.349 e. The zero-order chi connectivity index (χ0) is 14.6. The summed E-state index contributed by atoms with van der Waals surface area (Å²) in [5, 5.41) is 2.92. The summed E-state index contributed by atoms with van der Waals surface area (Å²) in [4.78, 5) is 25.4. The first-order chi connectivity index (χ1) is 8.72. The molecule has 19 heavy (non-hydrogen) atoms. The highest BCUT2D eigenvalue weighted by atomic mass is 16.2. The molecule has 0 spiro atoms. The van der Waals surface area contributed by atoms with Crippen molar-refractivity contribution in [2.45, 2.75) is 39.3 Å². The van der Waals surface area contributed by atoms with Crippen molar-refractivity contribution in [3.8, 4) is 0 Å². The van der Waals surface area contributed by atoms with Gasteiger partial charge in [0.2, 0.25) is 11.8 Å². The number of rotatable bonds is 3. The normalized spacial score (nSPS) is 12.7. The number of nitrogens with one attached hydrogen (secondary N) is 1. The fraction of sp³-hybridized carbons (Fsp3) is 0.467. The first-order valence-electron chi connectivity index (χ1n) is 6.33. The highest BCUT2D eigenvalue weighted by Gasteiger charge is 2.29. The highest BCUT2D eigenvalue weighted by Crippen LogP contribution is 2.20. The van der Waals surface area contributed by atoms with E-state index in [4.69, 9.17) is 0 Å². The topological polar surface area (TPSA) is 49.4 Å². The van der Waals surface area contributed by atoms with Crippen LogP contribution in [0.1, 0.15) is 39.3 Å². The Morgan fingerprint density at radius 2 is 1.68 bits per heavy atom. The Labute approximate surface area is 114 Å². The van der Waals surface area contributed by atoms with Crippen molar-refractivity contribution in [3.63, 3.8) is 0 Å². The minimum atomic E-state index is -0.599. The molecular formula is C15H22N2O2. The number of nitrogens with zero attached hydrogens (tertiary/aromatic N) is 1. The van der Waals surface area contributed by atoms with Crippen molar-refractivity contribution in [2.75, 3.05) is 7.05 Å². The van der Waals surface area contributed by atoms with Gasteiger partial charge in [-0.2, -0.15) is 0 Å². The molecule has 2 amide bonds. The summed E-state index contributed by atoms with van der Waals surface area (Å²) in [6, 6.07) is 8.72. The van der Waals surface area contributed by atoms with Crippen LogP contribution in [0.5, 0.6) is 0 Å². The van der Waals surface area contributed by atoms with Gasteiger partial charge in [0, 0.05) is 19.5 Å². The average molecular weight is 262 g/mol. The molecule has 1 aromatic carbocycles. The second kappa shape index (κ2) is 5.87. The molecule has 0 aliphatic carbocycles. The summed E-state index contributed by atoms with van der Waals surface area (Å²) in [5.74, 6) is -0.311. The van der Waals surface area contributed by atoms with E-state index in [-0.39, 0.29) is 17.4 Å². The number of likely N-dealkylation sites (N-methyl/N-ethyl adjacent to an activating group) is 1. The van der Waals surface area contributed by atoms with Crippen LogP contribution in [0.15, 0.2) is 30.3 Å². The third-order valence-corrected chi connectivity index (χ3v) is 2.75. The smallest absolute Gasteiger partial charge is 0.247 e. The molecule has 1 unspecified atom stereocenters. The molecule has 0 aromatic heterocycles. The van der Waals surface area contributed by atoms with Crippen LogP contribution in [-0.2, 0) is 9.59 Å². The molecule has 0 aliphatic heterocycles. The number of carbonyl (C=O) groups excluding carboxylic acids is 2. The zero-order valence-electron chi connectivity index (χ0n) is 12.2. The van der Waals surface area contributed by atoms with Crippen LogP contribution in [0, 0.1) is 0 Å². The first-order valence-corrected chi connectivity index (χ1v) is 6.33. The van der Waals surface area contributed by atoms with Crippen LogP contribution >= 0.6 is 0 Å². The molecule has 0 saturated carbocycles. The van der Waals surface area contributed by atoms with Gasteiger partial charge in [-0.25, -0.2) is 0 Å². The van der Waals surface area contributed by atoms with Gasteiger partial charge in [0.05, 0.1) is 0 Å². The fourth-order valence-electron chi connectivity index (χ4n) is 1.81. The Balaban J connectivity index is 3.07. The molecule has 0 bridgehead atoms. The van der Waals surface area contributed by atoms with Gasteiger partial charge in [-0.15, -0.1) is 0 Å². The van der Waals surface area contributed by atoms with E-state index in [0.29, 0.717) is 0 Å². The summed E-state index contributed by atoms with van der Waals surface area (Å²) in [6.45, 7) is 7.21. The number of hydrogen-bond acceptors (Lipinski definition) is 2. The van der Waals surface area contributed by atoms with Crippen LogP contribution in [0.25, 0.3) is 0 Å². The van der Waals surface area contributed by atoms with Crippen molar-refractivity contribution in [3.05, 3.63) is 35.9 Å². The van der Waals surface area contributed by atoms with Gasteiger partial charge in [0.1, 0.15) is 6.04 Å². The van der Waals surface area contributed by atoms with Crippen LogP contribution in [-0.4, -0.2) is 29.3 Å². The van der Waals surface area contributed by atoms with Gasteiger partial charge < -0.3 is 10.2 Å². The average Bonchev–Trinajstić information content (AvgIpc) is 2.28. The predicted octanol–water partition coefficient (Wildman–Crippen LogP) is 2.12. The third-order valence-electron chi connectivity index (χ3n) is 2.75. The molecular weight excluding hydrogens is 240 g/mol. The van der Waals surface area contributed by atoms with E-state index >= 15 is 0 Å². The second-order valence-corrected chi connectivity index (χ2v) is 5.68. The molecule has 0 heterocycles. The fourth-order valence-corrected chi connectivity index (χ4v) is 1.81. The Morgan fingerprint density at radius 1 is 1.16 bits per heavy atom. The molecule has 1 atom stereocenters. The SMILES string of the molecule is CC(=O)N(C)C(C(=O)NC(C)(C)C)c1ccccc1. The largest absolute Gasteiger partial charge is 0.349 e. The van der Waals surface area contributed by atoms with E-state index in [1.807, 2.05) is 51.1 Å². The molecule has 1 aromatic rings. The standard InChI is InChI=1S/C15H22N2O2/c1-11(18)17(5)13(12-9-7-6-8-10-12)14(19)16-15(2,3)4/h6-10,13H,1-5H3,(H,16,19). The summed E-state index contributed by atoms with van der Waals surface area (Å²) in [7, 11) is 1.64. The lowest BCUT2D eigenvalue weighted by Crippen LogP contribution is -2.47. The maximum absolute atomic E-state index is 12.4. The molecule has 1 rings (SSSR count). The maximum Gasteiger partial charge on any atom is 0.247 e. The zero-order valence-corrected chi connectivity index (χ0v) is 12.2. The van der Waals surface area contributed by atoms with Gasteiger partial charge in [-0.3, -0.25) is 9.59 Å². The number of hydrogen-bond donors (Lipinski definition) is 1. The Hall–Kier alpha value is -1.84. The molecule has 0 fully saturated rings. The highest BCUT2D eigenvalue weighted by molar-refractivity contribution is 5.88. The summed E-state index contributed by atoms with van der Waals surface area (Å²) >= 11 is 0. The van der Waals surface area contributed by atoms with E-state index in [2.05, 4.69) is 5.32 Å². The Morgan fingerprint density at radius 3 is 2.11 bits per heavy atom. The number of benzene rings is 1. The van der Waals surface area contributed by atoms with Crippen molar-refractivity contribution >= 4 is 11.8 Å². The van der Waals surface area contributed by atoms with Crippen molar-refractivity contribution in [2.24, 2.45) is 0 Å². The van der Waals surface area contributed by atoms with Crippen molar-refractivity contribution in [1.29, 1.82) is 0 Å². The number of amides is 2. The molecule has 0 saturated heterocycles. The molecule has 1 N–H and O–H groups in total. The van der Waals surface area contributed by atoms with Gasteiger partial charge in [0.25, 0.3) is 0 Å². The molecule has 4 nitrogen and oxygen atoms in total. The summed E-state index contributed by atoms with van der Waals surface area (Å²) in [5.41, 5.74) is 0.476. The van der Waals surface area contributed by atoms with Crippen LogP contribution in [0.3, 0.4) is 0 Å². The summed E-state index contributed by atoms with van der Waals surface area (Å²) < 4.78 is 0. The van der Waals surface area contributed by atoms with Gasteiger partial charge in [0.15, 0.2) is 0 Å². The van der Waals surface area contributed by atoms with Gasteiger partial charge in [-0.1, -0.05) is 30.3 Å². The van der Waals surface area contributed by atoms with E-state index in [1.54, 1.807) is 7.05 Å². The van der Waals surface area contributed by atoms with Crippen LogP contribution in [0.4, 0.5) is 0 Å². The lowest BCUT2D eigenvalue weighted by molar-refractivity contribution is -0.138. The predicted molar refractivity (Wildman–Crippen MR) is 75.5 cm³/mol. The van der Waals surface area contributed by atoms with E-state index in [0.717, 1.165) is 5.56 Å². The minimum absolute atomic E-state index is 0.141. The van der Waals surface area contributed by atoms with E-state index in [1.165, 1.54) is 11.8 Å². The lowest BCUT2D eigenvalue weighted by Gasteiger charge is -2.30. The molecule has 0 radical (unpaired) electrons. The van der Waals surface area contributed by atoms with Gasteiger partial charge >= 0.3 is 0 Å². The second-order valence-electron chi connectivity index (χ2n) is 5.68. The van der Waals surface area contributed by atoms with Crippen LogP contribution < -0.4 is 5.32 Å². The maximum atomic E-state index is 12.4. The molecule has 0 aliphatic rings. The molecule has 104 valence electrons. The number of carbonyl (C=O) groups is 2. The summed E-state index contributed by atoms with van der Waals surface area (Å²) in [6.07, 6.45) is 0.